The molecule has 0 saturated carbocycles. The average Bonchev–Trinajstić information content (AvgIpc) is 3.33. The van der Waals surface area contributed by atoms with Crippen molar-refractivity contribution in [3.05, 3.63) is 70.9 Å². The molecular formula is C19H18FN3O3S. The SMILES string of the molecule is C[C@@H](c1ccc(F)cc1)N(C)C(=O)Cc1csc(NC(=O)c2ccco2)n1. The Bertz CT molecular complexity index is 922. The van der Waals surface area contributed by atoms with E-state index < -0.39 is 5.91 Å². The van der Waals surface area contributed by atoms with Crippen LogP contribution in [-0.2, 0) is 11.2 Å². The fourth-order valence-corrected chi connectivity index (χ4v) is 3.18. The summed E-state index contributed by atoms with van der Waals surface area (Å²) in [5.74, 6) is -0.641. The summed E-state index contributed by atoms with van der Waals surface area (Å²) in [6.07, 6.45) is 1.52. The Labute approximate surface area is 159 Å². The third-order valence-corrected chi connectivity index (χ3v) is 4.98. The maximum atomic E-state index is 13.1. The van der Waals surface area contributed by atoms with Gasteiger partial charge < -0.3 is 9.32 Å². The van der Waals surface area contributed by atoms with Gasteiger partial charge in [0.1, 0.15) is 5.82 Å². The Morgan fingerprint density at radius 1 is 1.30 bits per heavy atom. The first-order valence-corrected chi connectivity index (χ1v) is 9.12. The molecule has 140 valence electrons. The summed E-state index contributed by atoms with van der Waals surface area (Å²) in [4.78, 5) is 30.3. The van der Waals surface area contributed by atoms with Crippen LogP contribution in [0, 0.1) is 5.82 Å². The standard InChI is InChI=1S/C19H18FN3O3S/c1-12(13-5-7-14(20)8-6-13)23(2)17(24)10-15-11-27-19(21-15)22-18(25)16-4-3-9-26-16/h3-9,11-12H,10H2,1-2H3,(H,21,22,25)/t12-/m0/s1. The van der Waals surface area contributed by atoms with Gasteiger partial charge in [-0.1, -0.05) is 12.1 Å². The third kappa shape index (κ3) is 4.59. The zero-order chi connectivity index (χ0) is 19.4. The van der Waals surface area contributed by atoms with E-state index in [0.29, 0.717) is 10.8 Å². The van der Waals surface area contributed by atoms with Crippen LogP contribution >= 0.6 is 11.3 Å². The molecule has 0 saturated heterocycles. The Hall–Kier alpha value is -3.00. The lowest BCUT2D eigenvalue weighted by atomic mass is 10.1. The van der Waals surface area contributed by atoms with Gasteiger partial charge in [0.05, 0.1) is 24.4 Å². The molecule has 3 rings (SSSR count). The second-order valence-corrected chi connectivity index (χ2v) is 6.84. The van der Waals surface area contributed by atoms with Crippen molar-refractivity contribution in [1.29, 1.82) is 0 Å². The summed E-state index contributed by atoms with van der Waals surface area (Å²) in [5, 5.41) is 4.76. The van der Waals surface area contributed by atoms with Crippen molar-refractivity contribution in [1.82, 2.24) is 9.88 Å². The number of carbonyl (C=O) groups excluding carboxylic acids is 2. The van der Waals surface area contributed by atoms with E-state index in [9.17, 15) is 14.0 Å². The quantitative estimate of drug-likeness (QED) is 0.696. The van der Waals surface area contributed by atoms with Crippen LogP contribution < -0.4 is 5.32 Å². The number of benzene rings is 1. The van der Waals surface area contributed by atoms with Gasteiger partial charge in [0, 0.05) is 12.4 Å². The molecule has 0 aliphatic carbocycles. The Balaban J connectivity index is 1.59. The second kappa shape index (κ2) is 8.13. The number of likely N-dealkylation sites (N-methyl/N-ethyl adjacent to an activating group) is 1. The number of thiazole rings is 1. The number of aromatic nitrogens is 1. The highest BCUT2D eigenvalue weighted by molar-refractivity contribution is 7.14. The number of anilines is 1. The van der Waals surface area contributed by atoms with Gasteiger partial charge in [-0.3, -0.25) is 14.9 Å². The lowest BCUT2D eigenvalue weighted by molar-refractivity contribution is -0.131. The minimum atomic E-state index is -0.394. The summed E-state index contributed by atoms with van der Waals surface area (Å²) >= 11 is 1.24. The minimum Gasteiger partial charge on any atom is -0.459 e. The van der Waals surface area contributed by atoms with Crippen LogP contribution in [-0.4, -0.2) is 28.7 Å². The number of amides is 2. The number of nitrogens with zero attached hydrogens (tertiary/aromatic N) is 2. The summed E-state index contributed by atoms with van der Waals surface area (Å²) in [6, 6.07) is 9.05. The largest absolute Gasteiger partial charge is 0.459 e. The predicted octanol–water partition coefficient (Wildman–Crippen LogP) is 3.89. The van der Waals surface area contributed by atoms with Gasteiger partial charge in [-0.2, -0.15) is 0 Å². The lowest BCUT2D eigenvalue weighted by Crippen LogP contribution is -2.31. The van der Waals surface area contributed by atoms with Gasteiger partial charge in [0.2, 0.25) is 5.91 Å². The van der Waals surface area contributed by atoms with E-state index in [-0.39, 0.29) is 29.9 Å². The second-order valence-electron chi connectivity index (χ2n) is 5.98. The molecule has 1 N–H and O–H groups in total. The van der Waals surface area contributed by atoms with E-state index in [2.05, 4.69) is 10.3 Å². The average molecular weight is 387 g/mol. The molecule has 0 spiro atoms. The summed E-state index contributed by atoms with van der Waals surface area (Å²) in [5.41, 5.74) is 1.41. The molecule has 27 heavy (non-hydrogen) atoms. The molecule has 0 fully saturated rings. The molecule has 0 radical (unpaired) electrons. The Kier molecular flexibility index (Phi) is 5.66. The zero-order valence-electron chi connectivity index (χ0n) is 14.8. The highest BCUT2D eigenvalue weighted by Crippen LogP contribution is 2.21. The molecule has 0 aliphatic rings. The molecule has 1 atom stereocenters. The smallest absolute Gasteiger partial charge is 0.293 e. The van der Waals surface area contributed by atoms with Crippen molar-refractivity contribution in [2.45, 2.75) is 19.4 Å². The van der Waals surface area contributed by atoms with Crippen molar-refractivity contribution in [2.75, 3.05) is 12.4 Å². The van der Waals surface area contributed by atoms with Crippen LogP contribution in [0.15, 0.2) is 52.5 Å². The van der Waals surface area contributed by atoms with E-state index in [4.69, 9.17) is 4.42 Å². The molecule has 2 aromatic heterocycles. The predicted molar refractivity (Wildman–Crippen MR) is 100 cm³/mol. The van der Waals surface area contributed by atoms with E-state index >= 15 is 0 Å². The molecule has 1 aromatic carbocycles. The van der Waals surface area contributed by atoms with Crippen LogP contribution in [0.5, 0.6) is 0 Å². The van der Waals surface area contributed by atoms with Crippen LogP contribution in [0.3, 0.4) is 0 Å². The molecule has 2 heterocycles. The van der Waals surface area contributed by atoms with Crippen LogP contribution in [0.25, 0.3) is 0 Å². The van der Waals surface area contributed by atoms with Crippen molar-refractivity contribution in [3.63, 3.8) is 0 Å². The molecule has 6 nitrogen and oxygen atoms in total. The number of halogens is 1. The number of rotatable bonds is 6. The Morgan fingerprint density at radius 2 is 2.04 bits per heavy atom. The summed E-state index contributed by atoms with van der Waals surface area (Å²) in [7, 11) is 1.70. The number of hydrogen-bond donors (Lipinski definition) is 1. The van der Waals surface area contributed by atoms with E-state index in [1.165, 1.54) is 29.7 Å². The van der Waals surface area contributed by atoms with Crippen molar-refractivity contribution >= 4 is 28.3 Å². The highest BCUT2D eigenvalue weighted by atomic mass is 32.1. The van der Waals surface area contributed by atoms with Gasteiger partial charge >= 0.3 is 0 Å². The maximum Gasteiger partial charge on any atom is 0.293 e. The molecule has 3 aromatic rings. The van der Waals surface area contributed by atoms with Gasteiger partial charge in [-0.25, -0.2) is 9.37 Å². The summed E-state index contributed by atoms with van der Waals surface area (Å²) < 4.78 is 18.1. The maximum absolute atomic E-state index is 13.1. The van der Waals surface area contributed by atoms with Gasteiger partial charge in [-0.15, -0.1) is 11.3 Å². The van der Waals surface area contributed by atoms with Gasteiger partial charge in [-0.05, 0) is 36.8 Å². The fourth-order valence-electron chi connectivity index (χ4n) is 2.47. The molecule has 0 unspecified atom stereocenters. The van der Waals surface area contributed by atoms with E-state index in [1.54, 1.807) is 41.6 Å². The first-order valence-electron chi connectivity index (χ1n) is 8.24. The van der Waals surface area contributed by atoms with Gasteiger partial charge in [0.15, 0.2) is 10.9 Å². The monoisotopic (exact) mass is 387 g/mol. The molecule has 0 aliphatic heterocycles. The van der Waals surface area contributed by atoms with Crippen molar-refractivity contribution < 1.29 is 18.4 Å². The number of nitrogens with one attached hydrogen (secondary N) is 1. The molecular weight excluding hydrogens is 369 g/mol. The van der Waals surface area contributed by atoms with Crippen LogP contribution in [0.4, 0.5) is 9.52 Å². The summed E-state index contributed by atoms with van der Waals surface area (Å²) in [6.45, 7) is 1.88. The minimum absolute atomic E-state index is 0.106. The number of hydrogen-bond acceptors (Lipinski definition) is 5. The van der Waals surface area contributed by atoms with Crippen molar-refractivity contribution in [3.8, 4) is 0 Å². The topological polar surface area (TPSA) is 75.4 Å². The van der Waals surface area contributed by atoms with Crippen LogP contribution in [0.2, 0.25) is 0 Å². The van der Waals surface area contributed by atoms with E-state index in [1.807, 2.05) is 6.92 Å². The Morgan fingerprint density at radius 3 is 2.70 bits per heavy atom. The number of carbonyl (C=O) groups is 2. The highest BCUT2D eigenvalue weighted by Gasteiger charge is 2.19. The molecule has 2 amide bonds. The zero-order valence-corrected chi connectivity index (χ0v) is 15.6. The van der Waals surface area contributed by atoms with Gasteiger partial charge in [0.25, 0.3) is 5.91 Å². The third-order valence-electron chi connectivity index (χ3n) is 4.18. The first kappa shape index (κ1) is 18.8. The number of furan rings is 1. The normalized spacial score (nSPS) is 11.8. The van der Waals surface area contributed by atoms with Crippen LogP contribution in [0.1, 0.15) is 34.8 Å². The lowest BCUT2D eigenvalue weighted by Gasteiger charge is -2.25. The van der Waals surface area contributed by atoms with E-state index in [0.717, 1.165) is 5.56 Å². The van der Waals surface area contributed by atoms with Crippen molar-refractivity contribution in [2.24, 2.45) is 0 Å². The first-order chi connectivity index (χ1) is 12.9. The molecule has 0 bridgehead atoms. The fraction of sp³-hybridized carbons (Fsp3) is 0.211. The molecule has 8 heteroatoms.